The molecule has 0 aliphatic heterocycles. The molecule has 0 nitrogen and oxygen atoms in total. The lowest BCUT2D eigenvalue weighted by atomic mass is 9.08. The Balaban J connectivity index is 1.82. The van der Waals surface area contributed by atoms with Crippen LogP contribution in [0.5, 0.6) is 0 Å². The van der Waals surface area contributed by atoms with Crippen LogP contribution in [0.4, 0.5) is 0 Å². The van der Waals surface area contributed by atoms with Crippen LogP contribution in [-0.2, 0) is 0 Å². The summed E-state index contributed by atoms with van der Waals surface area (Å²) >= 11 is 0. The first-order valence-corrected chi connectivity index (χ1v) is 6.46. The van der Waals surface area contributed by atoms with Crippen LogP contribution >= 0.6 is 0 Å². The number of rotatable bonds is 0. The Kier molecular flexibility index (Phi) is 1.01. The SMILES string of the molecule is CC1C2CC3CC4CC1(C(C)(C)C)C342. The van der Waals surface area contributed by atoms with Crippen LogP contribution in [0.15, 0.2) is 0 Å². The average Bonchev–Trinajstić information content (AvgIpc) is 1.93. The van der Waals surface area contributed by atoms with Gasteiger partial charge in [-0.3, -0.25) is 0 Å². The summed E-state index contributed by atoms with van der Waals surface area (Å²) in [5.41, 5.74) is 2.25. The molecule has 0 radical (unpaired) electrons. The molecule has 0 saturated heterocycles. The molecule has 0 heteroatoms. The predicted molar refractivity (Wildman–Crippen MR) is 57.8 cm³/mol. The molecular weight excluding hydrogens is 168 g/mol. The first kappa shape index (κ1) is 8.19. The zero-order chi connectivity index (χ0) is 9.93. The van der Waals surface area contributed by atoms with E-state index in [0.717, 1.165) is 22.7 Å². The predicted octanol–water partition coefficient (Wildman–Crippen LogP) is 3.71. The van der Waals surface area contributed by atoms with Gasteiger partial charge in [0.2, 0.25) is 0 Å². The smallest absolute Gasteiger partial charge is 0.0145 e. The molecule has 6 unspecified atom stereocenters. The minimum Gasteiger partial charge on any atom is -0.0616 e. The van der Waals surface area contributed by atoms with E-state index in [0.29, 0.717) is 5.41 Å². The van der Waals surface area contributed by atoms with Gasteiger partial charge in [-0.05, 0) is 59.2 Å². The highest BCUT2D eigenvalue weighted by Gasteiger charge is 2.91. The topological polar surface area (TPSA) is 0 Å². The Hall–Kier alpha value is 0. The average molecular weight is 190 g/mol. The van der Waals surface area contributed by atoms with Gasteiger partial charge >= 0.3 is 0 Å². The van der Waals surface area contributed by atoms with Crippen LogP contribution in [0.2, 0.25) is 0 Å². The van der Waals surface area contributed by atoms with E-state index >= 15 is 0 Å². The fourth-order valence-corrected chi connectivity index (χ4v) is 6.97. The lowest BCUT2D eigenvalue weighted by Crippen LogP contribution is -2.91. The first-order valence-electron chi connectivity index (χ1n) is 6.46. The summed E-state index contributed by atoms with van der Waals surface area (Å²) in [5, 5.41) is 0. The third-order valence-electron chi connectivity index (χ3n) is 7.13. The molecule has 6 atom stereocenters. The molecule has 4 rings (SSSR count). The molecule has 0 aromatic carbocycles. The molecule has 14 heavy (non-hydrogen) atoms. The van der Waals surface area contributed by atoms with E-state index in [1.807, 2.05) is 0 Å². The monoisotopic (exact) mass is 190 g/mol. The standard InChI is InChI=1S/C14H22/c1-8-11-6-9-5-10-7-13(8,12(2,3)4)14(9,10)11/h8-11H,5-7H2,1-4H3. The number of hydrogen-bond donors (Lipinski definition) is 0. The Morgan fingerprint density at radius 3 is 2.21 bits per heavy atom. The summed E-state index contributed by atoms with van der Waals surface area (Å²) in [6, 6.07) is 0. The second kappa shape index (κ2) is 1.72. The van der Waals surface area contributed by atoms with Crippen LogP contribution in [0.25, 0.3) is 0 Å². The maximum absolute atomic E-state index is 2.55. The van der Waals surface area contributed by atoms with Crippen molar-refractivity contribution >= 4 is 0 Å². The molecule has 0 heterocycles. The van der Waals surface area contributed by atoms with Crippen LogP contribution in [-0.4, -0.2) is 0 Å². The molecule has 0 amide bonds. The van der Waals surface area contributed by atoms with E-state index in [2.05, 4.69) is 27.7 Å². The highest BCUT2D eigenvalue weighted by atomic mass is 15.0. The molecule has 0 aromatic rings. The second-order valence-corrected chi connectivity index (χ2v) is 7.62. The Bertz CT molecular complexity index is 317. The van der Waals surface area contributed by atoms with Gasteiger partial charge in [-0.1, -0.05) is 27.7 Å². The fraction of sp³-hybridized carbons (Fsp3) is 1.00. The quantitative estimate of drug-likeness (QED) is 0.546. The van der Waals surface area contributed by atoms with Crippen LogP contribution in [0.3, 0.4) is 0 Å². The molecule has 1 spiro atoms. The molecule has 0 aromatic heterocycles. The zero-order valence-corrected chi connectivity index (χ0v) is 9.93. The molecule has 0 bridgehead atoms. The molecule has 0 N–H and O–H groups in total. The van der Waals surface area contributed by atoms with Gasteiger partial charge < -0.3 is 0 Å². The molecule has 4 saturated carbocycles. The second-order valence-electron chi connectivity index (χ2n) is 7.62. The van der Waals surface area contributed by atoms with Crippen molar-refractivity contribution in [3.05, 3.63) is 0 Å². The largest absolute Gasteiger partial charge is 0.0616 e. The van der Waals surface area contributed by atoms with E-state index < -0.39 is 0 Å². The Morgan fingerprint density at radius 2 is 1.79 bits per heavy atom. The van der Waals surface area contributed by atoms with Gasteiger partial charge in [0.15, 0.2) is 0 Å². The van der Waals surface area contributed by atoms with Gasteiger partial charge in [-0.25, -0.2) is 0 Å². The summed E-state index contributed by atoms with van der Waals surface area (Å²) in [6.45, 7) is 10.0. The van der Waals surface area contributed by atoms with Gasteiger partial charge in [-0.15, -0.1) is 0 Å². The van der Waals surface area contributed by atoms with Crippen molar-refractivity contribution in [2.45, 2.75) is 47.0 Å². The van der Waals surface area contributed by atoms with Gasteiger partial charge in [0.05, 0.1) is 0 Å². The fourth-order valence-electron chi connectivity index (χ4n) is 6.97. The molecule has 4 fully saturated rings. The highest BCUT2D eigenvalue weighted by molar-refractivity contribution is 5.39. The van der Waals surface area contributed by atoms with Gasteiger partial charge in [-0.2, -0.15) is 0 Å². The summed E-state index contributed by atoms with van der Waals surface area (Å²) in [6.07, 6.45) is 4.77. The van der Waals surface area contributed by atoms with Gasteiger partial charge in [0, 0.05) is 0 Å². The van der Waals surface area contributed by atoms with Crippen molar-refractivity contribution < 1.29 is 0 Å². The van der Waals surface area contributed by atoms with Crippen molar-refractivity contribution in [1.29, 1.82) is 0 Å². The normalized spacial score (nSPS) is 67.7. The Morgan fingerprint density at radius 1 is 1.07 bits per heavy atom. The molecule has 4 aliphatic rings. The minimum absolute atomic E-state index is 0.568. The van der Waals surface area contributed by atoms with E-state index in [1.54, 1.807) is 19.3 Å². The summed E-state index contributed by atoms with van der Waals surface area (Å²) in [5.74, 6) is 4.53. The van der Waals surface area contributed by atoms with Crippen LogP contribution < -0.4 is 0 Å². The van der Waals surface area contributed by atoms with Crippen molar-refractivity contribution in [2.24, 2.45) is 39.9 Å². The number of hydrogen-bond acceptors (Lipinski definition) is 0. The van der Waals surface area contributed by atoms with E-state index in [4.69, 9.17) is 0 Å². The summed E-state index contributed by atoms with van der Waals surface area (Å²) < 4.78 is 0. The lowest BCUT2D eigenvalue weighted by Gasteiger charge is -2.96. The highest BCUT2D eigenvalue weighted by Crippen LogP contribution is 2.97. The van der Waals surface area contributed by atoms with E-state index in [-0.39, 0.29) is 0 Å². The maximum atomic E-state index is 2.55. The van der Waals surface area contributed by atoms with Crippen molar-refractivity contribution in [3.8, 4) is 0 Å². The van der Waals surface area contributed by atoms with Crippen LogP contribution in [0.1, 0.15) is 47.0 Å². The summed E-state index contributed by atoms with van der Waals surface area (Å²) in [7, 11) is 0. The molecule has 78 valence electrons. The first-order chi connectivity index (χ1) is 6.46. The zero-order valence-electron chi connectivity index (χ0n) is 9.93. The maximum Gasteiger partial charge on any atom is -0.0145 e. The van der Waals surface area contributed by atoms with Crippen molar-refractivity contribution in [2.75, 3.05) is 0 Å². The van der Waals surface area contributed by atoms with Crippen LogP contribution in [0, 0.1) is 39.9 Å². The van der Waals surface area contributed by atoms with Gasteiger partial charge in [0.25, 0.3) is 0 Å². The summed E-state index contributed by atoms with van der Waals surface area (Å²) in [4.78, 5) is 0. The minimum atomic E-state index is 0.568. The molecular formula is C14H22. The van der Waals surface area contributed by atoms with E-state index in [9.17, 15) is 0 Å². The van der Waals surface area contributed by atoms with E-state index in [1.165, 1.54) is 11.8 Å². The third kappa shape index (κ3) is 0.417. The Labute approximate surface area is 87.5 Å². The van der Waals surface area contributed by atoms with Crippen molar-refractivity contribution in [1.82, 2.24) is 0 Å². The van der Waals surface area contributed by atoms with Crippen molar-refractivity contribution in [3.63, 3.8) is 0 Å². The lowest BCUT2D eigenvalue weighted by molar-refractivity contribution is -0.487. The molecule has 4 aliphatic carbocycles. The third-order valence-corrected chi connectivity index (χ3v) is 7.13. The van der Waals surface area contributed by atoms with Gasteiger partial charge in [0.1, 0.15) is 0 Å².